The minimum atomic E-state index is -0.436. The summed E-state index contributed by atoms with van der Waals surface area (Å²) < 4.78 is 15.2. The van der Waals surface area contributed by atoms with Gasteiger partial charge in [-0.15, -0.1) is 11.3 Å². The predicted octanol–water partition coefficient (Wildman–Crippen LogP) is 2.88. The van der Waals surface area contributed by atoms with Crippen LogP contribution in [-0.4, -0.2) is 43.5 Å². The predicted molar refractivity (Wildman–Crippen MR) is 103 cm³/mol. The zero-order valence-corrected chi connectivity index (χ0v) is 16.2. The molecule has 1 aromatic heterocycles. The standard InChI is InChI=1S/C18H21N3O5S/c1-4-25-15-8-12(17(23)24-3)6-7-13(15)10-19-21-18-20-14(11-27-18)9-16(22)26-5-2/h6-8,10-11H,4-5,9H2,1-3H3,(H,20,21). The molecule has 144 valence electrons. The second-order valence-corrected chi connectivity index (χ2v) is 6.03. The van der Waals surface area contributed by atoms with E-state index in [2.05, 4.69) is 15.5 Å². The van der Waals surface area contributed by atoms with Crippen molar-refractivity contribution in [3.05, 3.63) is 40.4 Å². The van der Waals surface area contributed by atoms with Gasteiger partial charge in [0.25, 0.3) is 0 Å². The minimum absolute atomic E-state index is 0.124. The van der Waals surface area contributed by atoms with Crippen LogP contribution in [0.3, 0.4) is 0 Å². The summed E-state index contributed by atoms with van der Waals surface area (Å²) in [7, 11) is 1.33. The van der Waals surface area contributed by atoms with Crippen molar-refractivity contribution in [3.63, 3.8) is 0 Å². The first kappa shape index (κ1) is 20.4. The number of carbonyl (C=O) groups excluding carboxylic acids is 2. The first-order chi connectivity index (χ1) is 13.1. The average Bonchev–Trinajstić information content (AvgIpc) is 3.09. The summed E-state index contributed by atoms with van der Waals surface area (Å²) in [4.78, 5) is 27.4. The lowest BCUT2D eigenvalue weighted by molar-refractivity contribution is -0.142. The minimum Gasteiger partial charge on any atom is -0.493 e. The van der Waals surface area contributed by atoms with Gasteiger partial charge < -0.3 is 14.2 Å². The van der Waals surface area contributed by atoms with Crippen LogP contribution in [0.1, 0.15) is 35.5 Å². The number of ether oxygens (including phenoxy) is 3. The lowest BCUT2D eigenvalue weighted by Gasteiger charge is -2.08. The molecule has 0 saturated heterocycles. The second kappa shape index (κ2) is 10.3. The van der Waals surface area contributed by atoms with E-state index in [0.29, 0.717) is 40.9 Å². The smallest absolute Gasteiger partial charge is 0.337 e. The van der Waals surface area contributed by atoms with Crippen LogP contribution >= 0.6 is 11.3 Å². The molecule has 0 aliphatic rings. The van der Waals surface area contributed by atoms with E-state index >= 15 is 0 Å². The molecule has 0 bridgehead atoms. The van der Waals surface area contributed by atoms with E-state index in [9.17, 15) is 9.59 Å². The van der Waals surface area contributed by atoms with E-state index < -0.39 is 5.97 Å². The number of hydrazone groups is 1. The molecule has 8 nitrogen and oxygen atoms in total. The molecule has 0 radical (unpaired) electrons. The molecule has 0 unspecified atom stereocenters. The first-order valence-corrected chi connectivity index (χ1v) is 9.19. The number of thiazole rings is 1. The van der Waals surface area contributed by atoms with Gasteiger partial charge in [0.15, 0.2) is 0 Å². The van der Waals surface area contributed by atoms with Crippen molar-refractivity contribution < 1.29 is 23.8 Å². The Morgan fingerprint density at radius 3 is 2.81 bits per heavy atom. The molecule has 0 fully saturated rings. The third kappa shape index (κ3) is 6.07. The molecule has 0 spiro atoms. The van der Waals surface area contributed by atoms with E-state index in [-0.39, 0.29) is 12.4 Å². The second-order valence-electron chi connectivity index (χ2n) is 5.17. The van der Waals surface area contributed by atoms with Crippen molar-refractivity contribution in [2.24, 2.45) is 5.10 Å². The summed E-state index contributed by atoms with van der Waals surface area (Å²) in [6, 6.07) is 4.96. The van der Waals surface area contributed by atoms with Gasteiger partial charge in [-0.3, -0.25) is 10.2 Å². The van der Waals surface area contributed by atoms with E-state index in [1.165, 1.54) is 18.4 Å². The third-order valence-corrected chi connectivity index (χ3v) is 4.08. The summed E-state index contributed by atoms with van der Waals surface area (Å²) in [5, 5.41) is 6.46. The highest BCUT2D eigenvalue weighted by Gasteiger charge is 2.10. The summed E-state index contributed by atoms with van der Waals surface area (Å²) in [5.74, 6) is -0.229. The summed E-state index contributed by atoms with van der Waals surface area (Å²) >= 11 is 1.33. The molecule has 1 aromatic carbocycles. The highest BCUT2D eigenvalue weighted by atomic mass is 32.1. The molecular formula is C18H21N3O5S. The Balaban J connectivity index is 2.04. The van der Waals surface area contributed by atoms with Gasteiger partial charge >= 0.3 is 11.9 Å². The number of aromatic nitrogens is 1. The van der Waals surface area contributed by atoms with E-state index in [1.54, 1.807) is 36.7 Å². The molecule has 0 saturated carbocycles. The van der Waals surface area contributed by atoms with Crippen LogP contribution in [0.15, 0.2) is 28.7 Å². The van der Waals surface area contributed by atoms with Gasteiger partial charge in [0.05, 0.1) is 44.2 Å². The highest BCUT2D eigenvalue weighted by Crippen LogP contribution is 2.20. The van der Waals surface area contributed by atoms with Gasteiger partial charge in [0, 0.05) is 10.9 Å². The number of hydrogen-bond donors (Lipinski definition) is 1. The normalized spacial score (nSPS) is 10.6. The highest BCUT2D eigenvalue weighted by molar-refractivity contribution is 7.13. The van der Waals surface area contributed by atoms with Gasteiger partial charge in [0.2, 0.25) is 5.13 Å². The number of rotatable bonds is 9. The Morgan fingerprint density at radius 2 is 2.11 bits per heavy atom. The maximum absolute atomic E-state index is 11.6. The molecule has 2 rings (SSSR count). The van der Waals surface area contributed by atoms with Gasteiger partial charge in [-0.1, -0.05) is 0 Å². The van der Waals surface area contributed by atoms with Crippen molar-refractivity contribution in [1.29, 1.82) is 0 Å². The SMILES string of the molecule is CCOC(=O)Cc1csc(NN=Cc2ccc(C(=O)OC)cc2OCC)n1. The molecule has 0 aliphatic carbocycles. The lowest BCUT2D eigenvalue weighted by Crippen LogP contribution is -2.07. The Morgan fingerprint density at radius 1 is 1.30 bits per heavy atom. The summed E-state index contributed by atoms with van der Waals surface area (Å²) in [5.41, 5.74) is 4.53. The monoisotopic (exact) mass is 391 g/mol. The number of anilines is 1. The van der Waals surface area contributed by atoms with Crippen LogP contribution in [0.5, 0.6) is 5.75 Å². The van der Waals surface area contributed by atoms with E-state index in [4.69, 9.17) is 14.2 Å². The fourth-order valence-electron chi connectivity index (χ4n) is 2.12. The zero-order chi connectivity index (χ0) is 19.6. The number of methoxy groups -OCH3 is 1. The molecular weight excluding hydrogens is 370 g/mol. The molecule has 0 atom stereocenters. The number of nitrogens with zero attached hydrogens (tertiary/aromatic N) is 2. The lowest BCUT2D eigenvalue weighted by atomic mass is 10.1. The maximum atomic E-state index is 11.6. The fraction of sp³-hybridized carbons (Fsp3) is 0.333. The molecule has 0 aliphatic heterocycles. The van der Waals surface area contributed by atoms with Crippen molar-refractivity contribution in [1.82, 2.24) is 4.98 Å². The van der Waals surface area contributed by atoms with Crippen LogP contribution in [0.4, 0.5) is 5.13 Å². The van der Waals surface area contributed by atoms with Crippen LogP contribution in [0.25, 0.3) is 0 Å². The Hall–Kier alpha value is -2.94. The average molecular weight is 391 g/mol. The van der Waals surface area contributed by atoms with Crippen molar-refractivity contribution in [3.8, 4) is 5.75 Å². The van der Waals surface area contributed by atoms with Gasteiger partial charge in [0.1, 0.15) is 5.75 Å². The third-order valence-electron chi connectivity index (χ3n) is 3.28. The van der Waals surface area contributed by atoms with Crippen molar-refractivity contribution >= 4 is 34.6 Å². The molecule has 1 heterocycles. The molecule has 2 aromatic rings. The number of hydrogen-bond acceptors (Lipinski definition) is 9. The fourth-order valence-corrected chi connectivity index (χ4v) is 2.78. The van der Waals surface area contributed by atoms with Crippen LogP contribution in [-0.2, 0) is 20.7 Å². The topological polar surface area (TPSA) is 99.1 Å². The van der Waals surface area contributed by atoms with Crippen LogP contribution in [0.2, 0.25) is 0 Å². The molecule has 1 N–H and O–H groups in total. The van der Waals surface area contributed by atoms with Crippen molar-refractivity contribution in [2.75, 3.05) is 25.7 Å². The number of nitrogens with one attached hydrogen (secondary N) is 1. The zero-order valence-electron chi connectivity index (χ0n) is 15.4. The van der Waals surface area contributed by atoms with Crippen LogP contribution < -0.4 is 10.2 Å². The van der Waals surface area contributed by atoms with E-state index in [1.807, 2.05) is 6.92 Å². The number of benzene rings is 1. The van der Waals surface area contributed by atoms with Gasteiger partial charge in [-0.2, -0.15) is 5.10 Å². The summed E-state index contributed by atoms with van der Waals surface area (Å²) in [6.07, 6.45) is 1.69. The van der Waals surface area contributed by atoms with E-state index in [0.717, 1.165) is 0 Å². The maximum Gasteiger partial charge on any atom is 0.337 e. The Kier molecular flexibility index (Phi) is 7.75. The number of carbonyl (C=O) groups is 2. The number of esters is 2. The Bertz CT molecular complexity index is 819. The molecule has 27 heavy (non-hydrogen) atoms. The van der Waals surface area contributed by atoms with Crippen molar-refractivity contribution in [2.45, 2.75) is 20.3 Å². The summed E-state index contributed by atoms with van der Waals surface area (Å²) in [6.45, 7) is 4.40. The molecule has 9 heteroatoms. The van der Waals surface area contributed by atoms with Gasteiger partial charge in [-0.05, 0) is 32.0 Å². The Labute approximate surface area is 161 Å². The first-order valence-electron chi connectivity index (χ1n) is 8.31. The molecule has 0 amide bonds. The van der Waals surface area contributed by atoms with Crippen LogP contribution in [0, 0.1) is 0 Å². The quantitative estimate of drug-likeness (QED) is 0.399. The van der Waals surface area contributed by atoms with Gasteiger partial charge in [-0.25, -0.2) is 9.78 Å². The largest absolute Gasteiger partial charge is 0.493 e.